The summed E-state index contributed by atoms with van der Waals surface area (Å²) in [7, 11) is 0. The van der Waals surface area contributed by atoms with Crippen molar-refractivity contribution in [2.24, 2.45) is 5.41 Å². The molecule has 2 amide bonds. The zero-order valence-corrected chi connectivity index (χ0v) is 17.4. The molecule has 30 heavy (non-hydrogen) atoms. The summed E-state index contributed by atoms with van der Waals surface area (Å²) in [6, 6.07) is -0.424. The van der Waals surface area contributed by atoms with E-state index < -0.39 is 24.1 Å². The van der Waals surface area contributed by atoms with Crippen molar-refractivity contribution in [3.8, 4) is 0 Å². The molecule has 1 aliphatic rings. The number of rotatable bonds is 10. The van der Waals surface area contributed by atoms with Crippen molar-refractivity contribution in [3.63, 3.8) is 0 Å². The Kier molecular flexibility index (Phi) is 10.4. The Balaban J connectivity index is 2.39. The minimum atomic E-state index is -0.627. The van der Waals surface area contributed by atoms with Gasteiger partial charge in [0.05, 0.1) is 0 Å². The van der Waals surface area contributed by atoms with E-state index in [4.69, 9.17) is 18.9 Å². The van der Waals surface area contributed by atoms with E-state index in [0.717, 1.165) is 12.2 Å². The number of amides is 2. The Morgan fingerprint density at radius 1 is 0.800 bits per heavy atom. The van der Waals surface area contributed by atoms with Crippen molar-refractivity contribution in [2.75, 3.05) is 26.4 Å². The molecule has 1 rings (SSSR count). The highest BCUT2D eigenvalue weighted by molar-refractivity contribution is 5.81. The van der Waals surface area contributed by atoms with Crippen LogP contribution in [-0.2, 0) is 28.5 Å². The van der Waals surface area contributed by atoms with E-state index in [1.807, 2.05) is 13.8 Å². The predicted molar refractivity (Wildman–Crippen MR) is 106 cm³/mol. The molecule has 0 heterocycles. The standard InChI is InChI=1S/C20H30N2O8/c1-5-16(23)27-7-9-29-18(25)21-14-11-15(13-20(3,4)12-14)22-19(26)30-10-8-28-17(24)6-2/h5-6,14-15H,1-2,7-13H2,3-4H3,(H,21,25)(H,22,26). The van der Waals surface area contributed by atoms with Crippen LogP contribution in [0.1, 0.15) is 33.1 Å². The number of hydrogen-bond donors (Lipinski definition) is 2. The summed E-state index contributed by atoms with van der Waals surface area (Å²) < 4.78 is 19.5. The van der Waals surface area contributed by atoms with Gasteiger partial charge in [0.2, 0.25) is 0 Å². The summed E-state index contributed by atoms with van der Waals surface area (Å²) in [6.45, 7) is 10.3. The molecule has 10 heteroatoms. The monoisotopic (exact) mass is 426 g/mol. The number of carbonyl (C=O) groups is 4. The lowest BCUT2D eigenvalue weighted by Gasteiger charge is -2.40. The van der Waals surface area contributed by atoms with Gasteiger partial charge in [-0.3, -0.25) is 0 Å². The van der Waals surface area contributed by atoms with Gasteiger partial charge in [0.25, 0.3) is 0 Å². The number of hydrogen-bond acceptors (Lipinski definition) is 8. The molecule has 0 aromatic heterocycles. The fraction of sp³-hybridized carbons (Fsp3) is 0.600. The van der Waals surface area contributed by atoms with Gasteiger partial charge in [-0.1, -0.05) is 27.0 Å². The molecule has 1 aliphatic carbocycles. The Bertz CT molecular complexity index is 595. The Labute approximate surface area is 175 Å². The normalized spacial score (nSPS) is 19.5. The van der Waals surface area contributed by atoms with Crippen LogP contribution in [0.25, 0.3) is 0 Å². The summed E-state index contributed by atoms with van der Waals surface area (Å²) in [6.07, 6.45) is 2.71. The van der Waals surface area contributed by atoms with Crippen LogP contribution in [0.3, 0.4) is 0 Å². The van der Waals surface area contributed by atoms with Gasteiger partial charge in [-0.15, -0.1) is 0 Å². The van der Waals surface area contributed by atoms with Crippen molar-refractivity contribution >= 4 is 24.1 Å². The number of nitrogens with one attached hydrogen (secondary N) is 2. The molecule has 1 fully saturated rings. The molecule has 0 radical (unpaired) electrons. The summed E-state index contributed by atoms with van der Waals surface area (Å²) in [5.74, 6) is -1.18. The van der Waals surface area contributed by atoms with Crippen LogP contribution in [-0.4, -0.2) is 62.6 Å². The number of ether oxygens (including phenoxy) is 4. The maximum absolute atomic E-state index is 12.0. The Hall–Kier alpha value is -3.04. The summed E-state index contributed by atoms with van der Waals surface area (Å²) in [5, 5.41) is 5.54. The highest BCUT2D eigenvalue weighted by Crippen LogP contribution is 2.35. The van der Waals surface area contributed by atoms with Gasteiger partial charge in [-0.25, -0.2) is 19.2 Å². The minimum absolute atomic E-state index is 0.0629. The SMILES string of the molecule is C=CC(=O)OCCOC(=O)NC1CC(NC(=O)OCCOC(=O)C=C)CC(C)(C)C1. The third-order valence-corrected chi connectivity index (χ3v) is 4.27. The molecule has 0 aliphatic heterocycles. The smallest absolute Gasteiger partial charge is 0.407 e. The van der Waals surface area contributed by atoms with Gasteiger partial charge in [0.1, 0.15) is 26.4 Å². The van der Waals surface area contributed by atoms with Gasteiger partial charge in [-0.2, -0.15) is 0 Å². The molecule has 0 aromatic carbocycles. The first-order valence-corrected chi connectivity index (χ1v) is 9.60. The zero-order valence-electron chi connectivity index (χ0n) is 17.4. The van der Waals surface area contributed by atoms with Crippen LogP contribution in [0, 0.1) is 5.41 Å². The van der Waals surface area contributed by atoms with E-state index in [1.54, 1.807) is 0 Å². The van der Waals surface area contributed by atoms with Gasteiger partial charge in [0.15, 0.2) is 0 Å². The van der Waals surface area contributed by atoms with E-state index >= 15 is 0 Å². The van der Waals surface area contributed by atoms with Crippen LogP contribution in [0.15, 0.2) is 25.3 Å². The number of esters is 2. The zero-order chi connectivity index (χ0) is 22.6. The van der Waals surface area contributed by atoms with Crippen LogP contribution in [0.4, 0.5) is 9.59 Å². The second kappa shape index (κ2) is 12.5. The van der Waals surface area contributed by atoms with Crippen LogP contribution >= 0.6 is 0 Å². The predicted octanol–water partition coefficient (Wildman–Crippen LogP) is 1.84. The Morgan fingerprint density at radius 3 is 1.53 bits per heavy atom. The molecule has 0 spiro atoms. The molecule has 0 aromatic rings. The van der Waals surface area contributed by atoms with E-state index in [9.17, 15) is 19.2 Å². The third-order valence-electron chi connectivity index (χ3n) is 4.27. The second-order valence-corrected chi connectivity index (χ2v) is 7.51. The summed E-state index contributed by atoms with van der Waals surface area (Å²) >= 11 is 0. The van der Waals surface area contributed by atoms with Crippen molar-refractivity contribution in [1.29, 1.82) is 0 Å². The molecule has 2 N–H and O–H groups in total. The van der Waals surface area contributed by atoms with Gasteiger partial charge >= 0.3 is 24.1 Å². The minimum Gasteiger partial charge on any atom is -0.459 e. The van der Waals surface area contributed by atoms with Crippen molar-refractivity contribution in [1.82, 2.24) is 10.6 Å². The fourth-order valence-corrected chi connectivity index (χ4v) is 3.24. The summed E-state index contributed by atoms with van der Waals surface area (Å²) in [4.78, 5) is 45.8. The van der Waals surface area contributed by atoms with Crippen LogP contribution < -0.4 is 10.6 Å². The Morgan fingerprint density at radius 2 is 1.17 bits per heavy atom. The quantitative estimate of drug-likeness (QED) is 0.234. The average molecular weight is 426 g/mol. The van der Waals surface area contributed by atoms with E-state index in [0.29, 0.717) is 19.3 Å². The second-order valence-electron chi connectivity index (χ2n) is 7.51. The van der Waals surface area contributed by atoms with Crippen molar-refractivity contribution < 1.29 is 38.1 Å². The maximum Gasteiger partial charge on any atom is 0.407 e. The first-order chi connectivity index (χ1) is 14.1. The van der Waals surface area contributed by atoms with E-state index in [1.165, 1.54) is 0 Å². The lowest BCUT2D eigenvalue weighted by molar-refractivity contribution is -0.139. The lowest BCUT2D eigenvalue weighted by atomic mass is 9.73. The van der Waals surface area contributed by atoms with Gasteiger partial charge in [0, 0.05) is 24.2 Å². The van der Waals surface area contributed by atoms with Crippen LogP contribution in [0.5, 0.6) is 0 Å². The first kappa shape index (κ1) is 25.0. The number of carbonyl (C=O) groups excluding carboxylic acids is 4. The summed E-state index contributed by atoms with van der Waals surface area (Å²) in [5.41, 5.74) is -0.132. The lowest BCUT2D eigenvalue weighted by Crippen LogP contribution is -2.50. The fourth-order valence-electron chi connectivity index (χ4n) is 3.24. The number of alkyl carbamates (subject to hydrolysis) is 2. The molecular formula is C20H30N2O8. The first-order valence-electron chi connectivity index (χ1n) is 9.60. The topological polar surface area (TPSA) is 129 Å². The highest BCUT2D eigenvalue weighted by Gasteiger charge is 2.35. The molecular weight excluding hydrogens is 396 g/mol. The average Bonchev–Trinajstić information content (AvgIpc) is 2.66. The molecule has 10 nitrogen and oxygen atoms in total. The maximum atomic E-state index is 12.0. The van der Waals surface area contributed by atoms with E-state index in [2.05, 4.69) is 23.8 Å². The molecule has 168 valence electrons. The molecule has 0 saturated heterocycles. The van der Waals surface area contributed by atoms with Gasteiger partial charge < -0.3 is 29.6 Å². The van der Waals surface area contributed by atoms with Crippen molar-refractivity contribution in [3.05, 3.63) is 25.3 Å². The highest BCUT2D eigenvalue weighted by atomic mass is 16.6. The molecule has 0 bridgehead atoms. The third kappa shape index (κ3) is 10.5. The molecule has 1 saturated carbocycles. The van der Waals surface area contributed by atoms with Gasteiger partial charge in [-0.05, 0) is 24.7 Å². The van der Waals surface area contributed by atoms with E-state index in [-0.39, 0.29) is 43.9 Å². The largest absolute Gasteiger partial charge is 0.459 e. The van der Waals surface area contributed by atoms with Crippen LogP contribution in [0.2, 0.25) is 0 Å². The molecule has 2 atom stereocenters. The molecule has 2 unspecified atom stereocenters. The van der Waals surface area contributed by atoms with Crippen molar-refractivity contribution in [2.45, 2.75) is 45.2 Å².